The van der Waals surface area contributed by atoms with Crippen LogP contribution in [0.4, 0.5) is 0 Å². The lowest BCUT2D eigenvalue weighted by Crippen LogP contribution is -2.43. The molecule has 1 aliphatic carbocycles. The zero-order chi connectivity index (χ0) is 21.5. The van der Waals surface area contributed by atoms with Crippen molar-refractivity contribution in [1.29, 1.82) is 0 Å². The van der Waals surface area contributed by atoms with E-state index >= 15 is 0 Å². The number of hydrogen-bond acceptors (Lipinski definition) is 2. The Morgan fingerprint density at radius 2 is 1.83 bits per heavy atom. The van der Waals surface area contributed by atoms with Crippen molar-refractivity contribution in [2.45, 2.75) is 53.0 Å². The molecule has 3 aromatic rings. The van der Waals surface area contributed by atoms with E-state index in [9.17, 15) is 4.79 Å². The Bertz CT molecular complexity index is 1090. The van der Waals surface area contributed by atoms with Gasteiger partial charge in [-0.25, -0.2) is 4.98 Å². The van der Waals surface area contributed by atoms with Gasteiger partial charge < -0.3 is 5.32 Å². The molecule has 0 saturated heterocycles. The van der Waals surface area contributed by atoms with Gasteiger partial charge in [-0.2, -0.15) is 0 Å². The van der Waals surface area contributed by atoms with Crippen molar-refractivity contribution in [2.24, 2.45) is 11.3 Å². The largest absolute Gasteiger partial charge is 0.349 e. The van der Waals surface area contributed by atoms with Crippen LogP contribution in [0.1, 0.15) is 56.0 Å². The number of carbonyl (C=O) groups excluding carboxylic acids is 1. The summed E-state index contributed by atoms with van der Waals surface area (Å²) in [5.74, 6) is 0.606. The quantitative estimate of drug-likeness (QED) is 0.456. The van der Waals surface area contributed by atoms with E-state index in [-0.39, 0.29) is 17.4 Å². The second-order valence-corrected chi connectivity index (χ2v) is 10.6. The number of aromatic nitrogens is 1. The third kappa shape index (κ3) is 4.59. The molecule has 1 aromatic heterocycles. The highest BCUT2D eigenvalue weighted by atomic mass is 79.9. The van der Waals surface area contributed by atoms with E-state index in [1.54, 1.807) is 0 Å². The Morgan fingerprint density at radius 3 is 2.53 bits per heavy atom. The molecule has 1 heterocycles. The summed E-state index contributed by atoms with van der Waals surface area (Å²) in [7, 11) is 0. The lowest BCUT2D eigenvalue weighted by Gasteiger charge is -2.39. The van der Waals surface area contributed by atoms with Crippen LogP contribution < -0.4 is 5.32 Å². The Balaban J connectivity index is 1.73. The molecule has 1 N–H and O–H groups in total. The fourth-order valence-electron chi connectivity index (χ4n) is 4.98. The number of aryl methyl sites for hydroxylation is 1. The first-order valence-corrected chi connectivity index (χ1v) is 11.5. The summed E-state index contributed by atoms with van der Waals surface area (Å²) < 4.78 is 0.946. The van der Waals surface area contributed by atoms with Crippen molar-refractivity contribution in [1.82, 2.24) is 10.3 Å². The highest BCUT2D eigenvalue weighted by molar-refractivity contribution is 9.10. The van der Waals surface area contributed by atoms with Crippen LogP contribution in [-0.4, -0.2) is 16.9 Å². The maximum atomic E-state index is 13.4. The minimum atomic E-state index is -0.0104. The minimum absolute atomic E-state index is 0.0104. The number of halogens is 1. The Labute approximate surface area is 187 Å². The monoisotopic (exact) mass is 464 g/mol. The summed E-state index contributed by atoms with van der Waals surface area (Å²) >= 11 is 3.55. The third-order valence-electron chi connectivity index (χ3n) is 6.08. The molecule has 0 unspecified atom stereocenters. The molecule has 0 spiro atoms. The van der Waals surface area contributed by atoms with Gasteiger partial charge in [0, 0.05) is 21.5 Å². The van der Waals surface area contributed by atoms with Gasteiger partial charge in [-0.1, -0.05) is 66.5 Å². The van der Waals surface area contributed by atoms with Crippen LogP contribution in [0.15, 0.2) is 53.0 Å². The lowest BCUT2D eigenvalue weighted by atomic mass is 9.70. The van der Waals surface area contributed by atoms with Gasteiger partial charge in [-0.15, -0.1) is 0 Å². The first-order valence-electron chi connectivity index (χ1n) is 10.7. The van der Waals surface area contributed by atoms with E-state index in [0.717, 1.165) is 39.5 Å². The van der Waals surface area contributed by atoms with Crippen LogP contribution in [-0.2, 0) is 0 Å². The number of hydrogen-bond donors (Lipinski definition) is 1. The molecule has 4 heteroatoms. The predicted molar refractivity (Wildman–Crippen MR) is 128 cm³/mol. The van der Waals surface area contributed by atoms with Crippen LogP contribution in [0.3, 0.4) is 0 Å². The number of nitrogens with zero attached hydrogens (tertiary/aromatic N) is 1. The van der Waals surface area contributed by atoms with Crippen molar-refractivity contribution in [3.05, 3.63) is 64.1 Å². The summed E-state index contributed by atoms with van der Waals surface area (Å²) in [6, 6.07) is 16.4. The SMILES string of the molecule is Cc1ccc(-c2cc(C(=O)N[C@H]3C[C@H](C)CC(C)(C)C3)c3cc(Br)ccc3n2)cc1. The standard InChI is InChI=1S/C26H29BrN2O/c1-16-5-7-18(8-6-16)24-13-22(21-12-19(27)9-10-23(21)29-24)25(30)28-20-11-17(2)14-26(3,4)15-20/h5-10,12-13,17,20H,11,14-15H2,1-4H3,(H,28,30)/t17-,20-/m0/s1. The van der Waals surface area contributed by atoms with E-state index in [1.165, 1.54) is 12.0 Å². The lowest BCUT2D eigenvalue weighted by molar-refractivity contribution is 0.0876. The van der Waals surface area contributed by atoms with E-state index in [0.29, 0.717) is 11.5 Å². The molecule has 0 radical (unpaired) electrons. The number of carbonyl (C=O) groups is 1. The minimum Gasteiger partial charge on any atom is -0.349 e. The van der Waals surface area contributed by atoms with Gasteiger partial charge in [0.25, 0.3) is 5.91 Å². The molecule has 2 atom stereocenters. The number of pyridine rings is 1. The number of fused-ring (bicyclic) bond motifs is 1. The maximum Gasteiger partial charge on any atom is 0.252 e. The average Bonchev–Trinajstić information content (AvgIpc) is 2.66. The summed E-state index contributed by atoms with van der Waals surface area (Å²) in [4.78, 5) is 18.3. The number of nitrogens with one attached hydrogen (secondary N) is 1. The fourth-order valence-corrected chi connectivity index (χ4v) is 5.34. The molecular weight excluding hydrogens is 436 g/mol. The molecule has 0 aliphatic heterocycles. The Morgan fingerprint density at radius 1 is 1.10 bits per heavy atom. The normalized spacial score (nSPS) is 20.8. The molecule has 4 rings (SSSR count). The van der Waals surface area contributed by atoms with E-state index in [4.69, 9.17) is 4.98 Å². The van der Waals surface area contributed by atoms with Crippen LogP contribution in [0.5, 0.6) is 0 Å². The van der Waals surface area contributed by atoms with Gasteiger partial charge in [-0.05, 0) is 61.8 Å². The second-order valence-electron chi connectivity index (χ2n) is 9.67. The molecule has 0 bridgehead atoms. The van der Waals surface area contributed by atoms with Crippen molar-refractivity contribution in [3.63, 3.8) is 0 Å². The van der Waals surface area contributed by atoms with E-state index in [2.05, 4.69) is 73.2 Å². The first kappa shape index (κ1) is 21.0. The van der Waals surface area contributed by atoms with Crippen LogP contribution >= 0.6 is 15.9 Å². The fraction of sp³-hybridized carbons (Fsp3) is 0.385. The Hall–Kier alpha value is -2.20. The van der Waals surface area contributed by atoms with Crippen LogP contribution in [0.2, 0.25) is 0 Å². The van der Waals surface area contributed by atoms with E-state index in [1.807, 2.05) is 24.3 Å². The van der Waals surface area contributed by atoms with E-state index < -0.39 is 0 Å². The first-order chi connectivity index (χ1) is 14.2. The van der Waals surface area contributed by atoms with Gasteiger partial charge in [0.2, 0.25) is 0 Å². The highest BCUT2D eigenvalue weighted by Gasteiger charge is 2.33. The summed E-state index contributed by atoms with van der Waals surface area (Å²) in [6.07, 6.45) is 3.26. The van der Waals surface area contributed by atoms with Gasteiger partial charge in [0.05, 0.1) is 16.8 Å². The van der Waals surface area contributed by atoms with Crippen molar-refractivity contribution >= 4 is 32.7 Å². The molecule has 1 aliphatic rings. The smallest absolute Gasteiger partial charge is 0.252 e. The van der Waals surface area contributed by atoms with Gasteiger partial charge >= 0.3 is 0 Å². The van der Waals surface area contributed by atoms with Gasteiger partial charge in [0.15, 0.2) is 0 Å². The molecule has 1 saturated carbocycles. The zero-order valence-corrected chi connectivity index (χ0v) is 19.7. The maximum absolute atomic E-state index is 13.4. The predicted octanol–water partition coefficient (Wildman–Crippen LogP) is 6.92. The molecule has 1 fully saturated rings. The van der Waals surface area contributed by atoms with Crippen molar-refractivity contribution in [2.75, 3.05) is 0 Å². The molecule has 2 aromatic carbocycles. The number of rotatable bonds is 3. The van der Waals surface area contributed by atoms with Crippen molar-refractivity contribution in [3.8, 4) is 11.3 Å². The van der Waals surface area contributed by atoms with Crippen LogP contribution in [0, 0.1) is 18.3 Å². The van der Waals surface area contributed by atoms with Gasteiger partial charge in [-0.3, -0.25) is 4.79 Å². The van der Waals surface area contributed by atoms with Crippen LogP contribution in [0.25, 0.3) is 22.2 Å². The number of benzene rings is 2. The number of amides is 1. The average molecular weight is 465 g/mol. The molecule has 30 heavy (non-hydrogen) atoms. The van der Waals surface area contributed by atoms with Gasteiger partial charge in [0.1, 0.15) is 0 Å². The molecule has 1 amide bonds. The second kappa shape index (κ2) is 8.14. The highest BCUT2D eigenvalue weighted by Crippen LogP contribution is 2.38. The molecule has 3 nitrogen and oxygen atoms in total. The summed E-state index contributed by atoms with van der Waals surface area (Å²) in [5, 5.41) is 4.21. The summed E-state index contributed by atoms with van der Waals surface area (Å²) in [5.41, 5.74) is 4.83. The third-order valence-corrected chi connectivity index (χ3v) is 6.58. The zero-order valence-electron chi connectivity index (χ0n) is 18.1. The Kier molecular flexibility index (Phi) is 5.71. The topological polar surface area (TPSA) is 42.0 Å². The summed E-state index contributed by atoms with van der Waals surface area (Å²) in [6.45, 7) is 8.96. The molecule has 156 valence electrons. The van der Waals surface area contributed by atoms with Crippen molar-refractivity contribution < 1.29 is 4.79 Å². The molecular formula is C26H29BrN2O.